The Bertz CT molecular complexity index is 692. The Morgan fingerprint density at radius 2 is 2.12 bits per heavy atom. The first-order chi connectivity index (χ1) is 12.4. The largest absolute Gasteiger partial charge is 0.483 e. The van der Waals surface area contributed by atoms with Crippen molar-refractivity contribution < 1.29 is 28.2 Å². The number of nitrogens with one attached hydrogen (secondary N) is 2. The molecule has 3 amide bonds. The highest BCUT2D eigenvalue weighted by Crippen LogP contribution is 2.39. The van der Waals surface area contributed by atoms with E-state index in [4.69, 9.17) is 9.47 Å². The van der Waals surface area contributed by atoms with Gasteiger partial charge in [-0.1, -0.05) is 6.92 Å². The van der Waals surface area contributed by atoms with Crippen molar-refractivity contribution in [3.05, 3.63) is 29.1 Å². The summed E-state index contributed by atoms with van der Waals surface area (Å²) in [7, 11) is 0. The zero-order valence-corrected chi connectivity index (χ0v) is 14.9. The van der Waals surface area contributed by atoms with Crippen molar-refractivity contribution in [1.82, 2.24) is 10.6 Å². The van der Waals surface area contributed by atoms with Gasteiger partial charge in [-0.15, -0.1) is 0 Å². The molecule has 1 aromatic rings. The fraction of sp³-hybridized carbons (Fsp3) is 0.500. The van der Waals surface area contributed by atoms with Gasteiger partial charge in [0.05, 0.1) is 5.56 Å². The van der Waals surface area contributed by atoms with Gasteiger partial charge in [0.1, 0.15) is 11.6 Å². The molecule has 8 heteroatoms. The molecule has 0 spiro atoms. The maximum Gasteiger partial charge on any atom is 0.321 e. The second kappa shape index (κ2) is 9.28. The fourth-order valence-electron chi connectivity index (χ4n) is 2.82. The number of Topliss-reactive ketones (excluding diaryl/α,β-unsaturated/α-hetero) is 1. The highest BCUT2D eigenvalue weighted by Gasteiger charge is 2.32. The zero-order chi connectivity index (χ0) is 19.1. The number of ketones is 1. The summed E-state index contributed by atoms with van der Waals surface area (Å²) >= 11 is 0. The number of halogens is 1. The second-order valence-electron chi connectivity index (χ2n) is 6.01. The van der Waals surface area contributed by atoms with Crippen LogP contribution in [0.4, 0.5) is 9.18 Å². The van der Waals surface area contributed by atoms with Gasteiger partial charge in [0.2, 0.25) is 0 Å². The average Bonchev–Trinajstić information content (AvgIpc) is 2.90. The van der Waals surface area contributed by atoms with Gasteiger partial charge in [-0.3, -0.25) is 14.9 Å². The maximum atomic E-state index is 13.9. The molecule has 0 aliphatic heterocycles. The molecule has 0 saturated carbocycles. The van der Waals surface area contributed by atoms with Crippen molar-refractivity contribution in [2.45, 2.75) is 32.6 Å². The third kappa shape index (κ3) is 5.01. The van der Waals surface area contributed by atoms with Gasteiger partial charge in [0, 0.05) is 31.7 Å². The third-order valence-electron chi connectivity index (χ3n) is 3.98. The molecule has 0 unspecified atom stereocenters. The van der Waals surface area contributed by atoms with Crippen molar-refractivity contribution in [2.75, 3.05) is 26.4 Å². The Hall–Kier alpha value is -2.48. The molecule has 1 atom stereocenters. The summed E-state index contributed by atoms with van der Waals surface area (Å²) < 4.78 is 24.4. The summed E-state index contributed by atoms with van der Waals surface area (Å²) in [5.74, 6) is -1.40. The summed E-state index contributed by atoms with van der Waals surface area (Å²) in [5.41, 5.74) is 0.505. The van der Waals surface area contributed by atoms with E-state index in [1.54, 1.807) is 6.92 Å². The lowest BCUT2D eigenvalue weighted by Crippen LogP contribution is -2.42. The number of ether oxygens (including phenoxy) is 2. The van der Waals surface area contributed by atoms with Gasteiger partial charge in [-0.2, -0.15) is 0 Å². The fourth-order valence-corrected chi connectivity index (χ4v) is 2.82. The molecule has 0 fully saturated rings. The van der Waals surface area contributed by atoms with Crippen LogP contribution in [0.5, 0.6) is 5.75 Å². The van der Waals surface area contributed by atoms with E-state index in [1.165, 1.54) is 12.1 Å². The van der Waals surface area contributed by atoms with Crippen LogP contribution >= 0.6 is 0 Å². The summed E-state index contributed by atoms with van der Waals surface area (Å²) in [6, 6.07) is 1.90. The van der Waals surface area contributed by atoms with Gasteiger partial charge in [-0.25, -0.2) is 9.18 Å². The highest BCUT2D eigenvalue weighted by atomic mass is 19.1. The van der Waals surface area contributed by atoms with Crippen LogP contribution in [0.1, 0.15) is 48.5 Å². The highest BCUT2D eigenvalue weighted by molar-refractivity contribution is 6.04. The van der Waals surface area contributed by atoms with Crippen molar-refractivity contribution in [3.63, 3.8) is 0 Å². The first-order valence-corrected chi connectivity index (χ1v) is 8.57. The smallest absolute Gasteiger partial charge is 0.321 e. The van der Waals surface area contributed by atoms with Gasteiger partial charge in [0.25, 0.3) is 5.91 Å². The second-order valence-corrected chi connectivity index (χ2v) is 6.01. The molecule has 0 bridgehead atoms. The van der Waals surface area contributed by atoms with E-state index in [1.807, 2.05) is 6.92 Å². The molecular weight excluding hydrogens is 343 g/mol. The van der Waals surface area contributed by atoms with Crippen LogP contribution < -0.4 is 15.4 Å². The number of urea groups is 1. The molecule has 1 aliphatic rings. The number of rotatable bonds is 8. The van der Waals surface area contributed by atoms with E-state index in [0.717, 1.165) is 0 Å². The number of fused-ring (bicyclic) bond motifs is 1. The van der Waals surface area contributed by atoms with Gasteiger partial charge >= 0.3 is 6.03 Å². The number of imide groups is 1. The van der Waals surface area contributed by atoms with Crippen LogP contribution in [-0.2, 0) is 9.53 Å². The number of hydrogen-bond donors (Lipinski definition) is 2. The summed E-state index contributed by atoms with van der Waals surface area (Å²) in [6.07, 6.45) is 0.844. The van der Waals surface area contributed by atoms with E-state index in [-0.39, 0.29) is 29.4 Å². The van der Waals surface area contributed by atoms with Crippen molar-refractivity contribution in [1.29, 1.82) is 0 Å². The maximum absolute atomic E-state index is 13.9. The molecule has 0 heterocycles. The lowest BCUT2D eigenvalue weighted by atomic mass is 10.0. The Kier molecular flexibility index (Phi) is 7.08. The molecule has 2 rings (SSSR count). The Labute approximate surface area is 151 Å². The van der Waals surface area contributed by atoms with Gasteiger partial charge in [-0.05, 0) is 31.4 Å². The molecule has 0 saturated heterocycles. The molecule has 142 valence electrons. The van der Waals surface area contributed by atoms with Gasteiger partial charge < -0.3 is 14.8 Å². The van der Waals surface area contributed by atoms with Crippen LogP contribution in [0.15, 0.2) is 12.1 Å². The molecule has 7 nitrogen and oxygen atoms in total. The normalized spacial score (nSPS) is 15.5. The quantitative estimate of drug-likeness (QED) is 0.688. The van der Waals surface area contributed by atoms with Crippen molar-refractivity contribution >= 4 is 17.7 Å². The lowest BCUT2D eigenvalue weighted by molar-refractivity contribution is -0.122. The van der Waals surface area contributed by atoms with E-state index in [0.29, 0.717) is 31.7 Å². The first-order valence-electron chi connectivity index (χ1n) is 8.57. The van der Waals surface area contributed by atoms with Crippen LogP contribution in [0.2, 0.25) is 0 Å². The van der Waals surface area contributed by atoms with Crippen LogP contribution in [0, 0.1) is 5.82 Å². The number of amides is 3. The van der Waals surface area contributed by atoms with E-state index < -0.39 is 24.4 Å². The molecular formula is C18H23FN2O5. The Morgan fingerprint density at radius 1 is 1.35 bits per heavy atom. The molecule has 26 heavy (non-hydrogen) atoms. The predicted octanol–water partition coefficient (Wildman–Crippen LogP) is 2.15. The van der Waals surface area contributed by atoms with E-state index in [2.05, 4.69) is 10.6 Å². The minimum Gasteiger partial charge on any atom is -0.483 e. The number of carbonyl (C=O) groups excluding carboxylic acids is 3. The SMILES string of the molecule is CCOCCCNC(=O)NC(=O)COc1ccc(F)c2c1C(=O)C[C@@H]2C. The standard InChI is InChI=1S/C18H23FN2O5/c1-3-25-8-4-7-20-18(24)21-15(23)10-26-14-6-5-12(19)16-11(2)9-13(22)17(14)16/h5-6,11H,3-4,7-10H2,1-2H3,(H2,20,21,23,24)/t11-/m0/s1. The monoisotopic (exact) mass is 366 g/mol. The van der Waals surface area contributed by atoms with Crippen molar-refractivity contribution in [2.24, 2.45) is 0 Å². The Balaban J connectivity index is 1.83. The molecule has 1 aromatic carbocycles. The van der Waals surface area contributed by atoms with Crippen molar-refractivity contribution in [3.8, 4) is 5.75 Å². The van der Waals surface area contributed by atoms with Gasteiger partial charge in [0.15, 0.2) is 12.4 Å². The first kappa shape index (κ1) is 19.8. The summed E-state index contributed by atoms with van der Waals surface area (Å²) in [5, 5.41) is 4.65. The predicted molar refractivity (Wildman–Crippen MR) is 91.9 cm³/mol. The van der Waals surface area contributed by atoms with Crippen LogP contribution in [-0.4, -0.2) is 44.1 Å². The lowest BCUT2D eigenvalue weighted by Gasteiger charge is -2.12. The van der Waals surface area contributed by atoms with E-state index in [9.17, 15) is 18.8 Å². The molecule has 0 aromatic heterocycles. The summed E-state index contributed by atoms with van der Waals surface area (Å²) in [6.45, 7) is 4.69. The average molecular weight is 366 g/mol. The summed E-state index contributed by atoms with van der Waals surface area (Å²) in [4.78, 5) is 35.4. The number of benzene rings is 1. The Morgan fingerprint density at radius 3 is 2.85 bits per heavy atom. The third-order valence-corrected chi connectivity index (χ3v) is 3.98. The van der Waals surface area contributed by atoms with Crippen LogP contribution in [0.3, 0.4) is 0 Å². The topological polar surface area (TPSA) is 93.7 Å². The zero-order valence-electron chi connectivity index (χ0n) is 14.9. The van der Waals surface area contributed by atoms with E-state index >= 15 is 0 Å². The molecule has 2 N–H and O–H groups in total. The minimum atomic E-state index is -0.663. The number of hydrogen-bond acceptors (Lipinski definition) is 5. The minimum absolute atomic E-state index is 0.156. The number of carbonyl (C=O) groups is 3. The molecule has 0 radical (unpaired) electrons. The van der Waals surface area contributed by atoms with Crippen LogP contribution in [0.25, 0.3) is 0 Å². The molecule has 1 aliphatic carbocycles.